The van der Waals surface area contributed by atoms with E-state index in [0.29, 0.717) is 47.1 Å². The highest BCUT2D eigenvalue weighted by atomic mass is 19.1. The van der Waals surface area contributed by atoms with E-state index in [2.05, 4.69) is 15.3 Å². The molecule has 0 unspecified atom stereocenters. The van der Waals surface area contributed by atoms with Crippen molar-refractivity contribution in [1.29, 1.82) is 0 Å². The molecule has 0 spiro atoms. The highest BCUT2D eigenvalue weighted by Crippen LogP contribution is 2.35. The van der Waals surface area contributed by atoms with Crippen LogP contribution in [0.5, 0.6) is 11.5 Å². The van der Waals surface area contributed by atoms with E-state index in [4.69, 9.17) is 14.2 Å². The van der Waals surface area contributed by atoms with Gasteiger partial charge in [0, 0.05) is 18.6 Å². The van der Waals surface area contributed by atoms with E-state index in [9.17, 15) is 4.39 Å². The van der Waals surface area contributed by atoms with E-state index in [0.717, 1.165) is 5.56 Å². The average Bonchev–Trinajstić information content (AvgIpc) is 2.64. The van der Waals surface area contributed by atoms with Crippen LogP contribution in [0.2, 0.25) is 0 Å². The number of aryl methyl sites for hydroxylation is 1. The molecule has 3 rings (SSSR count). The predicted octanol–water partition coefficient (Wildman–Crippen LogP) is 3.85. The van der Waals surface area contributed by atoms with Gasteiger partial charge in [-0.25, -0.2) is 14.4 Å². The van der Waals surface area contributed by atoms with Gasteiger partial charge in [0.2, 0.25) is 0 Å². The lowest BCUT2D eigenvalue weighted by Crippen LogP contribution is -2.06. The SMILES string of the molecule is COCCOc1cc2ncnc(Nc3ccc(C)cc3F)c2cc1OC. The minimum absolute atomic E-state index is 0.343. The number of methoxy groups -OCH3 is 2. The van der Waals surface area contributed by atoms with Gasteiger partial charge in [-0.2, -0.15) is 0 Å². The Balaban J connectivity index is 1.98. The Morgan fingerprint density at radius 2 is 1.88 bits per heavy atom. The van der Waals surface area contributed by atoms with Gasteiger partial charge in [-0.3, -0.25) is 0 Å². The first-order valence-electron chi connectivity index (χ1n) is 8.10. The number of fused-ring (bicyclic) bond motifs is 1. The fraction of sp³-hybridized carbons (Fsp3) is 0.263. The van der Waals surface area contributed by atoms with Crippen LogP contribution >= 0.6 is 0 Å². The van der Waals surface area contributed by atoms with Crippen LogP contribution in [0.3, 0.4) is 0 Å². The third-order valence-electron chi connectivity index (χ3n) is 3.84. The second-order valence-corrected chi connectivity index (χ2v) is 5.69. The van der Waals surface area contributed by atoms with Gasteiger partial charge in [-0.05, 0) is 30.7 Å². The fourth-order valence-electron chi connectivity index (χ4n) is 2.52. The molecule has 1 aromatic heterocycles. The quantitative estimate of drug-likeness (QED) is 0.648. The summed E-state index contributed by atoms with van der Waals surface area (Å²) in [5.74, 6) is 1.24. The van der Waals surface area contributed by atoms with Crippen molar-refractivity contribution in [3.63, 3.8) is 0 Å². The van der Waals surface area contributed by atoms with Crippen molar-refractivity contribution in [3.05, 3.63) is 48.0 Å². The van der Waals surface area contributed by atoms with Gasteiger partial charge in [-0.1, -0.05) is 6.07 Å². The number of hydrogen-bond donors (Lipinski definition) is 1. The summed E-state index contributed by atoms with van der Waals surface area (Å²) in [5.41, 5.74) is 1.85. The smallest absolute Gasteiger partial charge is 0.163 e. The number of hydrogen-bond acceptors (Lipinski definition) is 6. The van der Waals surface area contributed by atoms with Gasteiger partial charge < -0.3 is 19.5 Å². The van der Waals surface area contributed by atoms with Crippen molar-refractivity contribution in [2.24, 2.45) is 0 Å². The highest BCUT2D eigenvalue weighted by Gasteiger charge is 2.13. The Kier molecular flexibility index (Phi) is 5.48. The molecule has 0 aliphatic carbocycles. The van der Waals surface area contributed by atoms with Gasteiger partial charge in [0.05, 0.1) is 24.9 Å². The van der Waals surface area contributed by atoms with Crippen LogP contribution in [-0.2, 0) is 4.74 Å². The molecule has 26 heavy (non-hydrogen) atoms. The van der Waals surface area contributed by atoms with E-state index in [1.54, 1.807) is 32.4 Å². The van der Waals surface area contributed by atoms with Gasteiger partial charge in [0.1, 0.15) is 24.6 Å². The zero-order valence-corrected chi connectivity index (χ0v) is 14.9. The topological polar surface area (TPSA) is 65.5 Å². The third-order valence-corrected chi connectivity index (χ3v) is 3.84. The van der Waals surface area contributed by atoms with Gasteiger partial charge in [0.25, 0.3) is 0 Å². The summed E-state index contributed by atoms with van der Waals surface area (Å²) >= 11 is 0. The van der Waals surface area contributed by atoms with E-state index in [1.807, 2.05) is 13.0 Å². The minimum atomic E-state index is -0.344. The molecule has 0 aliphatic rings. The van der Waals surface area contributed by atoms with Crippen molar-refractivity contribution < 1.29 is 18.6 Å². The summed E-state index contributed by atoms with van der Waals surface area (Å²) in [5, 5.41) is 3.72. The molecular weight excluding hydrogens is 337 g/mol. The lowest BCUT2D eigenvalue weighted by atomic mass is 10.2. The molecular formula is C19H20FN3O3. The summed E-state index contributed by atoms with van der Waals surface area (Å²) < 4.78 is 30.2. The van der Waals surface area contributed by atoms with Crippen LogP contribution in [0, 0.1) is 12.7 Å². The van der Waals surface area contributed by atoms with Crippen molar-refractivity contribution in [1.82, 2.24) is 9.97 Å². The van der Waals surface area contributed by atoms with Crippen molar-refractivity contribution in [2.45, 2.75) is 6.92 Å². The summed E-state index contributed by atoms with van der Waals surface area (Å²) in [6, 6.07) is 8.51. The van der Waals surface area contributed by atoms with Crippen LogP contribution in [-0.4, -0.2) is 37.4 Å². The van der Waals surface area contributed by atoms with E-state index in [1.165, 1.54) is 12.4 Å². The molecule has 0 amide bonds. The number of nitrogens with one attached hydrogen (secondary N) is 1. The molecule has 3 aromatic rings. The number of rotatable bonds is 7. The highest BCUT2D eigenvalue weighted by molar-refractivity contribution is 5.93. The molecule has 0 fully saturated rings. The van der Waals surface area contributed by atoms with Crippen molar-refractivity contribution in [2.75, 3.05) is 32.8 Å². The van der Waals surface area contributed by atoms with Crippen LogP contribution in [0.25, 0.3) is 10.9 Å². The molecule has 0 atom stereocenters. The van der Waals surface area contributed by atoms with Gasteiger partial charge in [0.15, 0.2) is 11.5 Å². The third kappa shape index (κ3) is 3.83. The first-order chi connectivity index (χ1) is 12.6. The molecule has 136 valence electrons. The molecule has 0 bridgehead atoms. The first-order valence-corrected chi connectivity index (χ1v) is 8.10. The number of benzene rings is 2. The van der Waals surface area contributed by atoms with Crippen LogP contribution in [0.15, 0.2) is 36.7 Å². The average molecular weight is 357 g/mol. The van der Waals surface area contributed by atoms with Gasteiger partial charge >= 0.3 is 0 Å². The summed E-state index contributed by atoms with van der Waals surface area (Å²) in [6.07, 6.45) is 1.42. The van der Waals surface area contributed by atoms with E-state index >= 15 is 0 Å². The Bertz CT molecular complexity index is 918. The molecule has 0 radical (unpaired) electrons. The number of anilines is 2. The lowest BCUT2D eigenvalue weighted by molar-refractivity contribution is 0.144. The number of halogens is 1. The number of nitrogens with zero attached hydrogens (tertiary/aromatic N) is 2. The van der Waals surface area contributed by atoms with Crippen molar-refractivity contribution in [3.8, 4) is 11.5 Å². The maximum Gasteiger partial charge on any atom is 0.163 e. The van der Waals surface area contributed by atoms with Gasteiger partial charge in [-0.15, -0.1) is 0 Å². The predicted molar refractivity (Wildman–Crippen MR) is 97.9 cm³/mol. The second kappa shape index (κ2) is 7.97. The molecule has 0 saturated carbocycles. The molecule has 6 nitrogen and oxygen atoms in total. The second-order valence-electron chi connectivity index (χ2n) is 5.69. The minimum Gasteiger partial charge on any atom is -0.493 e. The van der Waals surface area contributed by atoms with E-state index < -0.39 is 0 Å². The lowest BCUT2D eigenvalue weighted by Gasteiger charge is -2.14. The molecule has 0 aliphatic heterocycles. The summed E-state index contributed by atoms with van der Waals surface area (Å²) in [4.78, 5) is 8.51. The zero-order chi connectivity index (χ0) is 18.5. The Labute approximate surface area is 150 Å². The molecule has 1 heterocycles. The van der Waals surface area contributed by atoms with Crippen LogP contribution in [0.4, 0.5) is 15.9 Å². The fourth-order valence-corrected chi connectivity index (χ4v) is 2.52. The molecule has 7 heteroatoms. The molecule has 2 aromatic carbocycles. The van der Waals surface area contributed by atoms with Crippen LogP contribution in [0.1, 0.15) is 5.56 Å². The molecule has 0 saturated heterocycles. The van der Waals surface area contributed by atoms with Crippen molar-refractivity contribution >= 4 is 22.4 Å². The van der Waals surface area contributed by atoms with Crippen LogP contribution < -0.4 is 14.8 Å². The largest absolute Gasteiger partial charge is 0.493 e. The summed E-state index contributed by atoms with van der Waals surface area (Å²) in [7, 11) is 3.16. The maximum absolute atomic E-state index is 14.2. The normalized spacial score (nSPS) is 10.8. The molecule has 1 N–H and O–H groups in total. The summed E-state index contributed by atoms with van der Waals surface area (Å²) in [6.45, 7) is 2.69. The number of aromatic nitrogens is 2. The monoisotopic (exact) mass is 357 g/mol. The Morgan fingerprint density at radius 1 is 1.04 bits per heavy atom. The van der Waals surface area contributed by atoms with E-state index in [-0.39, 0.29) is 5.82 Å². The zero-order valence-electron chi connectivity index (χ0n) is 14.9. The standard InChI is InChI=1S/C19H20FN3O3/c1-12-4-5-15(14(20)8-12)23-19-13-9-17(25-3)18(26-7-6-24-2)10-16(13)21-11-22-19/h4-5,8-11H,6-7H2,1-3H3,(H,21,22,23). The number of ether oxygens (including phenoxy) is 3. The Morgan fingerprint density at radius 3 is 2.62 bits per heavy atom. The Hall–Kier alpha value is -2.93. The maximum atomic E-state index is 14.2. The first kappa shape index (κ1) is 17.9.